The number of morpholine rings is 1. The Balaban J connectivity index is 1.77. The topological polar surface area (TPSA) is 79.9 Å². The van der Waals surface area contributed by atoms with Gasteiger partial charge >= 0.3 is 0 Å². The van der Waals surface area contributed by atoms with Crippen molar-refractivity contribution in [3.8, 4) is 5.97 Å². The van der Waals surface area contributed by atoms with Gasteiger partial charge < -0.3 is 14.2 Å². The van der Waals surface area contributed by atoms with E-state index >= 15 is 0 Å². The number of hydrogen-bond acceptors (Lipinski definition) is 6. The molecule has 0 amide bonds. The average Bonchev–Trinajstić information content (AvgIpc) is 2.84. The predicted octanol–water partition coefficient (Wildman–Crippen LogP) is 1.16. The lowest BCUT2D eigenvalue weighted by Crippen LogP contribution is -2.37. The van der Waals surface area contributed by atoms with Gasteiger partial charge in [-0.1, -0.05) is 12.6 Å². The van der Waals surface area contributed by atoms with Crippen molar-refractivity contribution >= 4 is 23.7 Å². The van der Waals surface area contributed by atoms with Crippen LogP contribution in [-0.2, 0) is 11.8 Å². The van der Waals surface area contributed by atoms with E-state index in [1.54, 1.807) is 0 Å². The minimum atomic E-state index is 0.173. The first-order valence-electron chi connectivity index (χ1n) is 8.10. The summed E-state index contributed by atoms with van der Waals surface area (Å²) in [5.74, 6) is 5.40. The first kappa shape index (κ1) is 14.5. The fraction of sp³-hybridized carbons (Fsp3) is 0.600. The van der Waals surface area contributed by atoms with E-state index < -0.39 is 0 Å². The van der Waals surface area contributed by atoms with Crippen molar-refractivity contribution in [3.63, 3.8) is 0 Å². The van der Waals surface area contributed by atoms with E-state index in [0.29, 0.717) is 5.92 Å². The van der Waals surface area contributed by atoms with Gasteiger partial charge in [0, 0.05) is 32.0 Å². The van der Waals surface area contributed by atoms with Crippen molar-refractivity contribution < 1.29 is 4.74 Å². The predicted molar refractivity (Wildman–Crippen MR) is 87.8 cm³/mol. The van der Waals surface area contributed by atoms with Gasteiger partial charge in [0.25, 0.3) is 6.71 Å². The quantitative estimate of drug-likeness (QED) is 0.775. The van der Waals surface area contributed by atoms with E-state index in [1.807, 2.05) is 14.0 Å². The number of hydrogen-bond donors (Lipinski definition) is 0. The molecule has 0 saturated carbocycles. The van der Waals surface area contributed by atoms with Crippen molar-refractivity contribution in [3.05, 3.63) is 11.6 Å². The van der Waals surface area contributed by atoms with Gasteiger partial charge in [0.05, 0.1) is 13.2 Å². The van der Waals surface area contributed by atoms with Crippen LogP contribution >= 0.6 is 0 Å². The second-order valence-corrected chi connectivity index (χ2v) is 6.39. The molecule has 0 spiro atoms. The number of imidazole rings is 1. The first-order valence-corrected chi connectivity index (χ1v) is 8.10. The Morgan fingerprint density at radius 3 is 2.65 bits per heavy atom. The van der Waals surface area contributed by atoms with Crippen LogP contribution in [0.1, 0.15) is 17.6 Å². The summed E-state index contributed by atoms with van der Waals surface area (Å²) in [5.41, 5.74) is 1.75. The lowest BCUT2D eigenvalue weighted by molar-refractivity contribution is 0.122. The van der Waals surface area contributed by atoms with Crippen LogP contribution in [0.2, 0.25) is 12.6 Å². The summed E-state index contributed by atoms with van der Waals surface area (Å²) in [6, 6.07) is 0. The fourth-order valence-electron chi connectivity index (χ4n) is 3.46. The van der Waals surface area contributed by atoms with Gasteiger partial charge in [-0.2, -0.15) is 0 Å². The highest BCUT2D eigenvalue weighted by Crippen LogP contribution is 2.38. The van der Waals surface area contributed by atoms with Gasteiger partial charge in [0.1, 0.15) is 11.6 Å². The molecule has 0 aromatic carbocycles. The van der Waals surface area contributed by atoms with Crippen LogP contribution in [0, 0.1) is 18.2 Å². The molecule has 2 aliphatic heterocycles. The number of nitrogens with zero attached hydrogens (tertiary/aromatic N) is 6. The number of anilines is 1. The van der Waals surface area contributed by atoms with Crippen LogP contribution in [0.3, 0.4) is 0 Å². The van der Waals surface area contributed by atoms with Crippen LogP contribution < -0.4 is 4.90 Å². The molecule has 2 aromatic rings. The molecule has 0 unspecified atom stereocenters. The molecule has 2 aliphatic rings. The zero-order chi connectivity index (χ0) is 16.0. The van der Waals surface area contributed by atoms with Crippen LogP contribution in [0.5, 0.6) is 0 Å². The molecule has 2 aromatic heterocycles. The molecule has 0 radical (unpaired) electrons. The summed E-state index contributed by atoms with van der Waals surface area (Å²) in [5, 5.41) is 8.99. The largest absolute Gasteiger partial charge is 0.378 e. The molecular weight excluding hydrogens is 291 g/mol. The summed E-state index contributed by atoms with van der Waals surface area (Å²) in [6.07, 6.45) is 1.79. The van der Waals surface area contributed by atoms with Crippen molar-refractivity contribution in [1.82, 2.24) is 19.5 Å². The Hall–Kier alpha value is -2.14. The number of nitriles is 1. The second-order valence-electron chi connectivity index (χ2n) is 6.39. The highest BCUT2D eigenvalue weighted by Gasteiger charge is 2.37. The summed E-state index contributed by atoms with van der Waals surface area (Å²) < 4.78 is 7.52. The number of ether oxygens (including phenoxy) is 1. The lowest BCUT2D eigenvalue weighted by Gasteiger charge is -2.28. The van der Waals surface area contributed by atoms with Crippen LogP contribution in [0.4, 0.5) is 5.82 Å². The molecule has 0 bridgehead atoms. The molecular formula is C15H19BN6O. The monoisotopic (exact) mass is 310 g/mol. The third kappa shape index (κ3) is 2.36. The lowest BCUT2D eigenvalue weighted by atomic mass is 9.32. The molecule has 23 heavy (non-hydrogen) atoms. The summed E-state index contributed by atoms with van der Waals surface area (Å²) in [7, 11) is 2.01. The highest BCUT2D eigenvalue weighted by atomic mass is 16.5. The van der Waals surface area contributed by atoms with Gasteiger partial charge in [0.2, 0.25) is 0 Å². The van der Waals surface area contributed by atoms with E-state index in [1.165, 1.54) is 0 Å². The van der Waals surface area contributed by atoms with Gasteiger partial charge in [-0.05, 0) is 6.92 Å². The molecule has 4 rings (SSSR count). The summed E-state index contributed by atoms with van der Waals surface area (Å²) in [4.78, 5) is 16.3. The number of rotatable bonds is 2. The van der Waals surface area contributed by atoms with Crippen molar-refractivity contribution in [2.24, 2.45) is 7.05 Å². The van der Waals surface area contributed by atoms with Gasteiger partial charge in [0.15, 0.2) is 17.0 Å². The van der Waals surface area contributed by atoms with Gasteiger partial charge in [-0.25, -0.2) is 20.2 Å². The third-order valence-electron chi connectivity index (χ3n) is 4.84. The minimum absolute atomic E-state index is 0.173. The Labute approximate surface area is 135 Å². The van der Waals surface area contributed by atoms with E-state index in [-0.39, 0.29) is 6.71 Å². The maximum absolute atomic E-state index is 8.99. The molecule has 118 valence electrons. The molecule has 0 aliphatic carbocycles. The Bertz CT molecular complexity index is 785. The molecule has 8 heteroatoms. The maximum Gasteiger partial charge on any atom is 0.269 e. The van der Waals surface area contributed by atoms with Gasteiger partial charge in [-0.3, -0.25) is 0 Å². The third-order valence-corrected chi connectivity index (χ3v) is 4.84. The van der Waals surface area contributed by atoms with Crippen molar-refractivity contribution in [2.45, 2.75) is 25.5 Å². The zero-order valence-electron chi connectivity index (χ0n) is 13.5. The summed E-state index contributed by atoms with van der Waals surface area (Å²) >= 11 is 0. The van der Waals surface area contributed by atoms with Crippen LogP contribution in [-0.4, -0.2) is 52.5 Å². The van der Waals surface area contributed by atoms with E-state index in [9.17, 15) is 0 Å². The van der Waals surface area contributed by atoms with Crippen LogP contribution in [0.25, 0.3) is 11.2 Å². The molecule has 0 atom stereocenters. The molecule has 7 nitrogen and oxygen atoms in total. The van der Waals surface area contributed by atoms with Gasteiger partial charge in [-0.15, -0.1) is 0 Å². The second kappa shape index (κ2) is 5.50. The van der Waals surface area contributed by atoms with E-state index in [4.69, 9.17) is 15.0 Å². The number of aryl methyl sites for hydroxylation is 2. The standard InChI is InChI=1S/C15H19BN6O/c1-10-18-14-12(15(19-10)22-3-5-23-6-4-22)20-13(21(14)2)11-7-16(8-11)9-17/h11H,3-8H2,1-2H3. The van der Waals surface area contributed by atoms with Crippen molar-refractivity contribution in [1.29, 1.82) is 5.26 Å². The first-order chi connectivity index (χ1) is 11.2. The van der Waals surface area contributed by atoms with E-state index in [2.05, 4.69) is 25.4 Å². The Kier molecular flexibility index (Phi) is 3.45. The maximum atomic E-state index is 8.99. The molecule has 2 fully saturated rings. The Morgan fingerprint density at radius 1 is 1.22 bits per heavy atom. The highest BCUT2D eigenvalue weighted by molar-refractivity contribution is 6.70. The average molecular weight is 310 g/mol. The number of aromatic nitrogens is 4. The van der Waals surface area contributed by atoms with E-state index in [0.717, 1.165) is 67.6 Å². The normalized spacial score (nSPS) is 19.0. The minimum Gasteiger partial charge on any atom is -0.378 e. The van der Waals surface area contributed by atoms with Crippen molar-refractivity contribution in [2.75, 3.05) is 31.2 Å². The summed E-state index contributed by atoms with van der Waals surface area (Å²) in [6.45, 7) is 5.19. The SMILES string of the molecule is Cc1nc(N2CCOCC2)c2nc(C3CB(C#N)C3)n(C)c2n1. The number of fused-ring (bicyclic) bond motifs is 1. The smallest absolute Gasteiger partial charge is 0.269 e. The molecule has 2 saturated heterocycles. The Morgan fingerprint density at radius 2 is 1.96 bits per heavy atom. The fourth-order valence-corrected chi connectivity index (χ4v) is 3.46. The molecule has 4 heterocycles. The zero-order valence-corrected chi connectivity index (χ0v) is 13.5. The van der Waals surface area contributed by atoms with Crippen LogP contribution in [0.15, 0.2) is 0 Å². The molecule has 0 N–H and O–H groups in total.